The van der Waals surface area contributed by atoms with E-state index in [-0.39, 0.29) is 0 Å². The molecule has 2 aromatic carbocycles. The third kappa shape index (κ3) is 4.25. The van der Waals surface area contributed by atoms with Crippen LogP contribution in [0.5, 0.6) is 11.5 Å². The van der Waals surface area contributed by atoms with Crippen LogP contribution in [0.1, 0.15) is 11.1 Å². The maximum atomic E-state index is 12.2. The molecular weight excluding hydrogens is 408 g/mol. The van der Waals surface area contributed by atoms with Gasteiger partial charge < -0.3 is 30.1 Å². The smallest absolute Gasteiger partial charge is 0.309 e. The lowest BCUT2D eigenvalue weighted by Gasteiger charge is -2.08. The van der Waals surface area contributed by atoms with Crippen LogP contribution < -0.4 is 20.1 Å². The maximum Gasteiger partial charge on any atom is 0.309 e. The Morgan fingerprint density at radius 2 is 1.19 bits per heavy atom. The predicted octanol–water partition coefficient (Wildman–Crippen LogP) is 2.68. The number of hydrogen-bond donors (Lipinski definition) is 4. The highest BCUT2D eigenvalue weighted by molar-refractivity contribution is 6.35. The normalized spacial score (nSPS) is 10.9. The molecule has 0 aliphatic rings. The minimum Gasteiger partial charge on any atom is -0.496 e. The fraction of sp³-hybridized carbons (Fsp3) is 0.250. The summed E-state index contributed by atoms with van der Waals surface area (Å²) in [4.78, 5) is 30.8. The number of nitrogens with one attached hydrogen (secondary N) is 4. The Balaban J connectivity index is 1.28. The number of hydrogen-bond acceptors (Lipinski definition) is 4. The van der Waals surface area contributed by atoms with Crippen molar-refractivity contribution in [2.45, 2.75) is 12.8 Å². The van der Waals surface area contributed by atoms with Crippen LogP contribution >= 0.6 is 0 Å². The van der Waals surface area contributed by atoms with Crippen molar-refractivity contribution in [1.82, 2.24) is 20.6 Å². The molecular formula is C24H26N4O4. The molecule has 0 atom stereocenters. The van der Waals surface area contributed by atoms with E-state index in [4.69, 9.17) is 9.47 Å². The SMILES string of the molecule is COc1cccc2[nH]cc(CCNC(=O)C(=O)NCCc3c[nH]c4cccc(OC)c34)c12. The molecule has 2 amide bonds. The first kappa shape index (κ1) is 21.3. The fourth-order valence-corrected chi connectivity index (χ4v) is 3.96. The number of aromatic amines is 2. The number of amides is 2. The van der Waals surface area contributed by atoms with Crippen LogP contribution in [0.2, 0.25) is 0 Å². The fourth-order valence-electron chi connectivity index (χ4n) is 3.96. The third-order valence-electron chi connectivity index (χ3n) is 5.50. The lowest BCUT2D eigenvalue weighted by molar-refractivity contribution is -0.139. The molecule has 0 saturated carbocycles. The molecule has 2 aromatic heterocycles. The summed E-state index contributed by atoms with van der Waals surface area (Å²) in [5.74, 6) is 0.259. The Morgan fingerprint density at radius 3 is 1.59 bits per heavy atom. The number of benzene rings is 2. The molecule has 2 heterocycles. The van der Waals surface area contributed by atoms with E-state index < -0.39 is 11.8 Å². The molecule has 0 aliphatic carbocycles. The standard InChI is InChI=1S/C24H26N4O4/c1-31-19-7-3-5-17-21(19)15(13-27-17)9-11-25-23(29)24(30)26-12-10-16-14-28-18-6-4-8-20(32-2)22(16)18/h3-8,13-14,27-28H,9-12H2,1-2H3,(H,25,29)(H,26,30). The van der Waals surface area contributed by atoms with E-state index >= 15 is 0 Å². The Morgan fingerprint density at radius 1 is 0.750 bits per heavy atom. The molecule has 166 valence electrons. The van der Waals surface area contributed by atoms with Gasteiger partial charge in [0.25, 0.3) is 0 Å². The Kier molecular flexibility index (Phi) is 6.30. The molecule has 0 bridgehead atoms. The van der Waals surface area contributed by atoms with Gasteiger partial charge in [0, 0.05) is 47.3 Å². The molecule has 4 rings (SSSR count). The third-order valence-corrected chi connectivity index (χ3v) is 5.50. The van der Waals surface area contributed by atoms with Gasteiger partial charge in [0.2, 0.25) is 0 Å². The molecule has 8 nitrogen and oxygen atoms in total. The molecule has 4 N–H and O–H groups in total. The van der Waals surface area contributed by atoms with Gasteiger partial charge in [-0.2, -0.15) is 0 Å². The quantitative estimate of drug-likeness (QED) is 0.320. The summed E-state index contributed by atoms with van der Waals surface area (Å²) in [6.07, 6.45) is 4.95. The molecule has 0 saturated heterocycles. The molecule has 0 unspecified atom stereocenters. The van der Waals surface area contributed by atoms with Gasteiger partial charge in [0.15, 0.2) is 0 Å². The van der Waals surface area contributed by atoms with E-state index in [1.165, 1.54) is 0 Å². The zero-order valence-corrected chi connectivity index (χ0v) is 18.1. The predicted molar refractivity (Wildman–Crippen MR) is 123 cm³/mol. The summed E-state index contributed by atoms with van der Waals surface area (Å²) in [6, 6.07) is 11.6. The Labute approximate surface area is 185 Å². The molecule has 4 aromatic rings. The van der Waals surface area contributed by atoms with Gasteiger partial charge in [0.05, 0.1) is 14.2 Å². The van der Waals surface area contributed by atoms with Crippen molar-refractivity contribution in [3.8, 4) is 11.5 Å². The lowest BCUT2D eigenvalue weighted by Crippen LogP contribution is -2.41. The zero-order valence-electron chi connectivity index (χ0n) is 18.1. The largest absolute Gasteiger partial charge is 0.496 e. The number of methoxy groups -OCH3 is 2. The van der Waals surface area contributed by atoms with Crippen LogP contribution in [-0.4, -0.2) is 49.1 Å². The van der Waals surface area contributed by atoms with Gasteiger partial charge in [-0.1, -0.05) is 12.1 Å². The highest BCUT2D eigenvalue weighted by Gasteiger charge is 2.15. The summed E-state index contributed by atoms with van der Waals surface area (Å²) < 4.78 is 10.9. The summed E-state index contributed by atoms with van der Waals surface area (Å²) in [5.41, 5.74) is 3.98. The number of rotatable bonds is 8. The van der Waals surface area contributed by atoms with E-state index in [1.54, 1.807) is 14.2 Å². The van der Waals surface area contributed by atoms with Gasteiger partial charge in [0.1, 0.15) is 11.5 Å². The monoisotopic (exact) mass is 434 g/mol. The van der Waals surface area contributed by atoms with Crippen LogP contribution in [0.25, 0.3) is 21.8 Å². The topological polar surface area (TPSA) is 108 Å². The van der Waals surface area contributed by atoms with Crippen LogP contribution in [-0.2, 0) is 22.4 Å². The minimum absolute atomic E-state index is 0.344. The van der Waals surface area contributed by atoms with Crippen molar-refractivity contribution in [1.29, 1.82) is 0 Å². The first-order valence-corrected chi connectivity index (χ1v) is 10.4. The number of ether oxygens (including phenoxy) is 2. The van der Waals surface area contributed by atoms with Crippen molar-refractivity contribution < 1.29 is 19.1 Å². The number of carbonyl (C=O) groups is 2. The van der Waals surface area contributed by atoms with Gasteiger partial charge in [-0.05, 0) is 48.2 Å². The molecule has 32 heavy (non-hydrogen) atoms. The second kappa shape index (κ2) is 9.47. The van der Waals surface area contributed by atoms with Crippen LogP contribution in [0, 0.1) is 0 Å². The van der Waals surface area contributed by atoms with E-state index in [2.05, 4.69) is 20.6 Å². The summed E-state index contributed by atoms with van der Waals surface area (Å²) >= 11 is 0. The summed E-state index contributed by atoms with van der Waals surface area (Å²) in [6.45, 7) is 0.688. The average molecular weight is 434 g/mol. The van der Waals surface area contributed by atoms with Gasteiger partial charge >= 0.3 is 11.8 Å². The Bertz CT molecular complexity index is 1160. The van der Waals surface area contributed by atoms with Crippen molar-refractivity contribution in [2.24, 2.45) is 0 Å². The second-order valence-corrected chi connectivity index (χ2v) is 7.41. The van der Waals surface area contributed by atoms with E-state index in [0.29, 0.717) is 25.9 Å². The molecule has 0 aliphatic heterocycles. The molecule has 8 heteroatoms. The van der Waals surface area contributed by atoms with E-state index in [9.17, 15) is 9.59 Å². The van der Waals surface area contributed by atoms with Gasteiger partial charge in [-0.15, -0.1) is 0 Å². The minimum atomic E-state index is -0.645. The Hall–Kier alpha value is -3.94. The highest BCUT2D eigenvalue weighted by Crippen LogP contribution is 2.29. The first-order chi connectivity index (χ1) is 15.6. The number of aromatic nitrogens is 2. The number of carbonyl (C=O) groups excluding carboxylic acids is 2. The van der Waals surface area contributed by atoms with Gasteiger partial charge in [-0.25, -0.2) is 0 Å². The van der Waals surface area contributed by atoms with Crippen LogP contribution in [0.15, 0.2) is 48.8 Å². The van der Waals surface area contributed by atoms with Crippen molar-refractivity contribution in [3.63, 3.8) is 0 Å². The lowest BCUT2D eigenvalue weighted by atomic mass is 10.1. The number of H-pyrrole nitrogens is 2. The number of fused-ring (bicyclic) bond motifs is 2. The zero-order chi connectivity index (χ0) is 22.5. The van der Waals surface area contributed by atoms with E-state index in [0.717, 1.165) is 44.4 Å². The second-order valence-electron chi connectivity index (χ2n) is 7.41. The van der Waals surface area contributed by atoms with Gasteiger partial charge in [-0.3, -0.25) is 9.59 Å². The maximum absolute atomic E-state index is 12.2. The summed E-state index contributed by atoms with van der Waals surface area (Å²) in [5, 5.41) is 7.34. The van der Waals surface area contributed by atoms with E-state index in [1.807, 2.05) is 48.8 Å². The van der Waals surface area contributed by atoms with Crippen molar-refractivity contribution in [2.75, 3.05) is 27.3 Å². The van der Waals surface area contributed by atoms with Crippen molar-refractivity contribution in [3.05, 3.63) is 59.9 Å². The molecule has 0 radical (unpaired) electrons. The van der Waals surface area contributed by atoms with Crippen molar-refractivity contribution >= 4 is 33.6 Å². The highest BCUT2D eigenvalue weighted by atomic mass is 16.5. The first-order valence-electron chi connectivity index (χ1n) is 10.4. The van der Waals surface area contributed by atoms with Crippen LogP contribution in [0.4, 0.5) is 0 Å². The molecule has 0 spiro atoms. The summed E-state index contributed by atoms with van der Waals surface area (Å²) in [7, 11) is 3.26. The average Bonchev–Trinajstić information content (AvgIpc) is 3.43. The molecule has 0 fully saturated rings. The van der Waals surface area contributed by atoms with Crippen LogP contribution in [0.3, 0.4) is 0 Å².